The van der Waals surface area contributed by atoms with Gasteiger partial charge >= 0.3 is 0 Å². The van der Waals surface area contributed by atoms with Crippen molar-refractivity contribution in [1.82, 2.24) is 0 Å². The zero-order valence-corrected chi connectivity index (χ0v) is 10.4. The predicted molar refractivity (Wildman–Crippen MR) is 74.5 cm³/mol. The summed E-state index contributed by atoms with van der Waals surface area (Å²) < 4.78 is 0. The van der Waals surface area contributed by atoms with Crippen LogP contribution in [0.4, 0.5) is 5.69 Å². The number of hydrogen-bond acceptors (Lipinski definition) is 2. The molecule has 0 aromatic heterocycles. The Balaban J connectivity index is 1.97. The van der Waals surface area contributed by atoms with Gasteiger partial charge < -0.3 is 5.32 Å². The van der Waals surface area contributed by atoms with Gasteiger partial charge in [0.1, 0.15) is 0 Å². The number of nitrogens with one attached hydrogen (secondary N) is 1. The highest BCUT2D eigenvalue weighted by molar-refractivity contribution is 5.49. The van der Waals surface area contributed by atoms with Crippen molar-refractivity contribution < 1.29 is 0 Å². The van der Waals surface area contributed by atoms with E-state index in [1.807, 2.05) is 30.3 Å². The highest BCUT2D eigenvalue weighted by Gasteiger charge is 2.04. The van der Waals surface area contributed by atoms with E-state index in [9.17, 15) is 0 Å². The fourth-order valence-electron chi connectivity index (χ4n) is 1.87. The molecule has 1 unspecified atom stereocenters. The van der Waals surface area contributed by atoms with E-state index in [4.69, 9.17) is 5.26 Å². The minimum atomic E-state index is 0.442. The van der Waals surface area contributed by atoms with E-state index in [1.165, 1.54) is 5.56 Å². The number of nitriles is 1. The average Bonchev–Trinajstić information content (AvgIpc) is 2.46. The molecule has 2 rings (SSSR count). The van der Waals surface area contributed by atoms with Crippen LogP contribution in [0.25, 0.3) is 0 Å². The second-order valence-electron chi connectivity index (χ2n) is 4.39. The van der Waals surface area contributed by atoms with Crippen molar-refractivity contribution in [2.75, 3.05) is 11.9 Å². The molecule has 0 amide bonds. The third kappa shape index (κ3) is 3.11. The summed E-state index contributed by atoms with van der Waals surface area (Å²) in [6.07, 6.45) is 0. The molecule has 18 heavy (non-hydrogen) atoms. The lowest BCUT2D eigenvalue weighted by Gasteiger charge is -2.14. The molecule has 0 radical (unpaired) electrons. The first-order chi connectivity index (χ1) is 8.79. The summed E-state index contributed by atoms with van der Waals surface area (Å²) in [5, 5.41) is 12.2. The van der Waals surface area contributed by atoms with Crippen LogP contribution in [0.3, 0.4) is 0 Å². The van der Waals surface area contributed by atoms with Gasteiger partial charge in [0.2, 0.25) is 0 Å². The SMILES string of the molecule is CC(CNc1cccc(C#N)c1)c1ccccc1. The van der Waals surface area contributed by atoms with Crippen LogP contribution in [0.5, 0.6) is 0 Å². The minimum absolute atomic E-state index is 0.442. The fraction of sp³-hybridized carbons (Fsp3) is 0.188. The van der Waals surface area contributed by atoms with Gasteiger partial charge in [-0.05, 0) is 29.7 Å². The lowest BCUT2D eigenvalue weighted by molar-refractivity contribution is 0.805. The zero-order valence-electron chi connectivity index (χ0n) is 10.4. The molecule has 0 aliphatic carbocycles. The Labute approximate surface area is 108 Å². The number of anilines is 1. The van der Waals surface area contributed by atoms with Gasteiger partial charge in [0.05, 0.1) is 11.6 Å². The van der Waals surface area contributed by atoms with Crippen molar-refractivity contribution in [1.29, 1.82) is 5.26 Å². The molecule has 0 bridgehead atoms. The first-order valence-corrected chi connectivity index (χ1v) is 6.08. The number of benzene rings is 2. The summed E-state index contributed by atoms with van der Waals surface area (Å²) >= 11 is 0. The largest absolute Gasteiger partial charge is 0.384 e. The minimum Gasteiger partial charge on any atom is -0.384 e. The summed E-state index contributed by atoms with van der Waals surface area (Å²) in [4.78, 5) is 0. The van der Waals surface area contributed by atoms with Crippen LogP contribution in [0, 0.1) is 11.3 Å². The summed E-state index contributed by atoms with van der Waals surface area (Å²) in [7, 11) is 0. The van der Waals surface area contributed by atoms with Gasteiger partial charge in [-0.3, -0.25) is 0 Å². The Bertz CT molecular complexity index is 541. The van der Waals surface area contributed by atoms with Crippen molar-refractivity contribution in [3.05, 3.63) is 65.7 Å². The summed E-state index contributed by atoms with van der Waals surface area (Å²) in [6, 6.07) is 20.1. The van der Waals surface area contributed by atoms with Crippen molar-refractivity contribution in [2.24, 2.45) is 0 Å². The molecule has 0 saturated carbocycles. The van der Waals surface area contributed by atoms with Gasteiger partial charge in [0.25, 0.3) is 0 Å². The molecule has 0 spiro atoms. The third-order valence-electron chi connectivity index (χ3n) is 2.97. The van der Waals surface area contributed by atoms with Crippen LogP contribution in [0.1, 0.15) is 24.0 Å². The average molecular weight is 236 g/mol. The maximum Gasteiger partial charge on any atom is 0.0992 e. The summed E-state index contributed by atoms with van der Waals surface area (Å²) in [6.45, 7) is 3.05. The van der Waals surface area contributed by atoms with Gasteiger partial charge in [-0.15, -0.1) is 0 Å². The predicted octanol–water partition coefficient (Wildman–Crippen LogP) is 3.77. The smallest absolute Gasteiger partial charge is 0.0992 e. The number of hydrogen-bond donors (Lipinski definition) is 1. The van der Waals surface area contributed by atoms with Gasteiger partial charge in [-0.25, -0.2) is 0 Å². The van der Waals surface area contributed by atoms with Crippen molar-refractivity contribution in [3.8, 4) is 6.07 Å². The Kier molecular flexibility index (Phi) is 3.98. The van der Waals surface area contributed by atoms with E-state index in [-0.39, 0.29) is 0 Å². The van der Waals surface area contributed by atoms with Crippen molar-refractivity contribution in [3.63, 3.8) is 0 Å². The Morgan fingerprint density at radius 1 is 1.11 bits per heavy atom. The second kappa shape index (κ2) is 5.88. The van der Waals surface area contributed by atoms with Crippen LogP contribution in [-0.4, -0.2) is 6.54 Å². The van der Waals surface area contributed by atoms with Gasteiger partial charge in [-0.2, -0.15) is 5.26 Å². The van der Waals surface area contributed by atoms with Crippen molar-refractivity contribution in [2.45, 2.75) is 12.8 Å². The standard InChI is InChI=1S/C16H16N2/c1-13(15-7-3-2-4-8-15)12-18-16-9-5-6-14(10-16)11-17/h2-10,13,18H,12H2,1H3. The molecule has 0 aliphatic heterocycles. The molecule has 0 fully saturated rings. The quantitative estimate of drug-likeness (QED) is 0.877. The zero-order chi connectivity index (χ0) is 12.8. The first-order valence-electron chi connectivity index (χ1n) is 6.08. The Morgan fingerprint density at radius 2 is 1.89 bits per heavy atom. The Hall–Kier alpha value is -2.27. The molecule has 2 heteroatoms. The lowest BCUT2D eigenvalue weighted by atomic mass is 10.0. The molecule has 2 aromatic rings. The normalized spacial score (nSPS) is 11.6. The van der Waals surface area contributed by atoms with E-state index < -0.39 is 0 Å². The highest BCUT2D eigenvalue weighted by atomic mass is 14.9. The van der Waals surface area contributed by atoms with E-state index in [0.29, 0.717) is 11.5 Å². The van der Waals surface area contributed by atoms with Gasteiger partial charge in [0, 0.05) is 12.2 Å². The summed E-state index contributed by atoms with van der Waals surface area (Å²) in [5.41, 5.74) is 3.01. The van der Waals surface area contributed by atoms with Crippen LogP contribution in [0.2, 0.25) is 0 Å². The molecule has 1 N–H and O–H groups in total. The highest BCUT2D eigenvalue weighted by Crippen LogP contribution is 2.16. The van der Waals surface area contributed by atoms with E-state index in [2.05, 4.69) is 42.6 Å². The third-order valence-corrected chi connectivity index (χ3v) is 2.97. The second-order valence-corrected chi connectivity index (χ2v) is 4.39. The molecular formula is C16H16N2. The topological polar surface area (TPSA) is 35.8 Å². The first kappa shape index (κ1) is 12.2. The molecular weight excluding hydrogens is 220 g/mol. The van der Waals surface area contributed by atoms with E-state index in [0.717, 1.165) is 12.2 Å². The molecule has 0 heterocycles. The van der Waals surface area contributed by atoms with E-state index in [1.54, 1.807) is 0 Å². The molecule has 2 nitrogen and oxygen atoms in total. The maximum absolute atomic E-state index is 8.84. The van der Waals surface area contributed by atoms with Crippen LogP contribution >= 0.6 is 0 Å². The lowest BCUT2D eigenvalue weighted by Crippen LogP contribution is -2.09. The fourth-order valence-corrected chi connectivity index (χ4v) is 1.87. The molecule has 90 valence electrons. The maximum atomic E-state index is 8.84. The number of rotatable bonds is 4. The van der Waals surface area contributed by atoms with Gasteiger partial charge in [0.15, 0.2) is 0 Å². The van der Waals surface area contributed by atoms with Crippen LogP contribution in [-0.2, 0) is 0 Å². The van der Waals surface area contributed by atoms with E-state index >= 15 is 0 Å². The van der Waals surface area contributed by atoms with Crippen LogP contribution < -0.4 is 5.32 Å². The monoisotopic (exact) mass is 236 g/mol. The van der Waals surface area contributed by atoms with Crippen molar-refractivity contribution >= 4 is 5.69 Å². The molecule has 1 atom stereocenters. The van der Waals surface area contributed by atoms with Crippen LogP contribution in [0.15, 0.2) is 54.6 Å². The van der Waals surface area contributed by atoms with Gasteiger partial charge in [-0.1, -0.05) is 43.3 Å². The molecule has 0 aliphatic rings. The Morgan fingerprint density at radius 3 is 2.61 bits per heavy atom. The number of nitrogens with zero attached hydrogens (tertiary/aromatic N) is 1. The molecule has 2 aromatic carbocycles. The molecule has 0 saturated heterocycles. The summed E-state index contributed by atoms with van der Waals surface area (Å²) in [5.74, 6) is 0.442.